The average molecular weight is 363 g/mol. The third-order valence-electron chi connectivity index (χ3n) is 3.08. The van der Waals surface area contributed by atoms with E-state index in [0.29, 0.717) is 4.90 Å². The van der Waals surface area contributed by atoms with Crippen molar-refractivity contribution in [1.82, 2.24) is 4.31 Å². The molecule has 19 heavy (non-hydrogen) atoms. The van der Waals surface area contributed by atoms with Crippen LogP contribution in [0.2, 0.25) is 0 Å². The summed E-state index contributed by atoms with van der Waals surface area (Å²) in [7, 11) is -3.63. The lowest BCUT2D eigenvalue weighted by Crippen LogP contribution is -2.48. The highest BCUT2D eigenvalue weighted by molar-refractivity contribution is 9.11. The molecule has 104 valence electrons. The second-order valence-electron chi connectivity index (χ2n) is 5.17. The third kappa shape index (κ3) is 2.72. The summed E-state index contributed by atoms with van der Waals surface area (Å²) in [5.41, 5.74) is -1.03. The molecule has 2 rings (SSSR count). The maximum Gasteiger partial charge on any atom is 0.245 e. The molecule has 0 N–H and O–H groups in total. The van der Waals surface area contributed by atoms with Gasteiger partial charge in [0.1, 0.15) is 5.54 Å². The number of nitrogens with zero attached hydrogens (tertiary/aromatic N) is 2. The number of aryl methyl sites for hydroxylation is 1. The molecule has 0 atom stereocenters. The fourth-order valence-electron chi connectivity index (χ4n) is 2.10. The first-order valence-corrected chi connectivity index (χ1v) is 8.97. The summed E-state index contributed by atoms with van der Waals surface area (Å²) in [6.45, 7) is 5.09. The van der Waals surface area contributed by atoms with Gasteiger partial charge in [-0.15, -0.1) is 11.3 Å². The topological polar surface area (TPSA) is 61.2 Å². The summed E-state index contributed by atoms with van der Waals surface area (Å²) < 4.78 is 27.8. The minimum Gasteiger partial charge on any atom is -0.207 e. The second-order valence-corrected chi connectivity index (χ2v) is 9.59. The quantitative estimate of drug-likeness (QED) is 0.825. The molecule has 1 heterocycles. The molecule has 1 fully saturated rings. The van der Waals surface area contributed by atoms with Gasteiger partial charge in [0.2, 0.25) is 10.0 Å². The van der Waals surface area contributed by atoms with Crippen LogP contribution in [0.25, 0.3) is 0 Å². The Bertz CT molecular complexity index is 639. The van der Waals surface area contributed by atoms with E-state index in [4.69, 9.17) is 0 Å². The van der Waals surface area contributed by atoms with Crippen LogP contribution in [-0.2, 0) is 10.0 Å². The van der Waals surface area contributed by atoms with Crippen molar-refractivity contribution >= 4 is 37.3 Å². The summed E-state index contributed by atoms with van der Waals surface area (Å²) in [5, 5.41) is 9.26. The molecular weight excluding hydrogens is 348 g/mol. The highest BCUT2D eigenvalue weighted by atomic mass is 79.9. The van der Waals surface area contributed by atoms with Gasteiger partial charge in [0.15, 0.2) is 0 Å². The average Bonchev–Trinajstić information content (AvgIpc) is 3.03. The van der Waals surface area contributed by atoms with Gasteiger partial charge in [0.05, 0.1) is 14.8 Å². The highest BCUT2D eigenvalue weighted by Crippen LogP contribution is 2.40. The number of hydrogen-bond acceptors (Lipinski definition) is 4. The van der Waals surface area contributed by atoms with Crippen LogP contribution in [0, 0.1) is 18.3 Å². The highest BCUT2D eigenvalue weighted by Gasteiger charge is 2.47. The van der Waals surface area contributed by atoms with Crippen molar-refractivity contribution < 1.29 is 8.42 Å². The lowest BCUT2D eigenvalue weighted by Gasteiger charge is -2.32. The molecule has 1 saturated carbocycles. The molecule has 1 aliphatic rings. The Labute approximate surface area is 126 Å². The van der Waals surface area contributed by atoms with Crippen LogP contribution < -0.4 is 0 Å². The van der Waals surface area contributed by atoms with E-state index in [2.05, 4.69) is 22.0 Å². The van der Waals surface area contributed by atoms with Crippen molar-refractivity contribution in [2.45, 2.75) is 50.1 Å². The molecule has 1 aromatic rings. The van der Waals surface area contributed by atoms with Gasteiger partial charge in [0.25, 0.3) is 0 Å². The number of thiophene rings is 1. The normalized spacial score (nSPS) is 16.6. The summed E-state index contributed by atoms with van der Waals surface area (Å²) in [6.07, 6.45) is 1.66. The Morgan fingerprint density at radius 2 is 2.11 bits per heavy atom. The molecule has 0 bridgehead atoms. The van der Waals surface area contributed by atoms with Crippen molar-refractivity contribution in [2.24, 2.45) is 0 Å². The standard InChI is InChI=1S/C12H15BrN2O2S2/c1-8-10(6-11(13)18-8)19(16,17)15(9-4-5-9)12(2,3)7-14/h6,9H,4-5H2,1-3H3. The third-order valence-corrected chi connectivity index (χ3v) is 7.02. The maximum absolute atomic E-state index is 12.8. The molecule has 0 radical (unpaired) electrons. The molecule has 0 amide bonds. The summed E-state index contributed by atoms with van der Waals surface area (Å²) in [5.74, 6) is 0. The molecule has 0 unspecified atom stereocenters. The van der Waals surface area contributed by atoms with Crippen LogP contribution in [-0.4, -0.2) is 24.3 Å². The van der Waals surface area contributed by atoms with Gasteiger partial charge in [0, 0.05) is 10.9 Å². The zero-order chi connectivity index (χ0) is 14.4. The Morgan fingerprint density at radius 1 is 1.53 bits per heavy atom. The number of sulfonamides is 1. The SMILES string of the molecule is Cc1sc(Br)cc1S(=O)(=O)N(C1CC1)C(C)(C)C#N. The van der Waals surface area contributed by atoms with E-state index in [1.165, 1.54) is 15.6 Å². The smallest absolute Gasteiger partial charge is 0.207 e. The van der Waals surface area contributed by atoms with Crippen LogP contribution in [0.15, 0.2) is 14.7 Å². The minimum atomic E-state index is -3.63. The first-order chi connectivity index (χ1) is 8.70. The second kappa shape index (κ2) is 4.85. The largest absolute Gasteiger partial charge is 0.245 e. The fraction of sp³-hybridized carbons (Fsp3) is 0.583. The Morgan fingerprint density at radius 3 is 2.47 bits per heavy atom. The van der Waals surface area contributed by atoms with Gasteiger partial charge in [-0.25, -0.2) is 8.42 Å². The van der Waals surface area contributed by atoms with Crippen molar-refractivity contribution in [2.75, 3.05) is 0 Å². The van der Waals surface area contributed by atoms with E-state index in [1.807, 2.05) is 0 Å². The predicted molar refractivity (Wildman–Crippen MR) is 78.5 cm³/mol. The molecule has 0 spiro atoms. The number of hydrogen-bond donors (Lipinski definition) is 0. The number of nitriles is 1. The molecule has 0 aliphatic heterocycles. The van der Waals surface area contributed by atoms with E-state index in [1.54, 1.807) is 26.8 Å². The van der Waals surface area contributed by atoms with Crippen molar-refractivity contribution in [3.8, 4) is 6.07 Å². The van der Waals surface area contributed by atoms with E-state index in [-0.39, 0.29) is 6.04 Å². The number of rotatable bonds is 4. The zero-order valence-corrected chi connectivity index (χ0v) is 14.2. The summed E-state index contributed by atoms with van der Waals surface area (Å²) >= 11 is 4.71. The van der Waals surface area contributed by atoms with Crippen molar-refractivity contribution in [1.29, 1.82) is 5.26 Å². The fourth-order valence-corrected chi connectivity index (χ4v) is 6.44. The van der Waals surface area contributed by atoms with Gasteiger partial charge in [-0.3, -0.25) is 0 Å². The monoisotopic (exact) mass is 362 g/mol. The van der Waals surface area contributed by atoms with Crippen molar-refractivity contribution in [3.63, 3.8) is 0 Å². The molecule has 4 nitrogen and oxygen atoms in total. The van der Waals surface area contributed by atoms with Gasteiger partial charge < -0.3 is 0 Å². The van der Waals surface area contributed by atoms with Gasteiger partial charge >= 0.3 is 0 Å². The first-order valence-electron chi connectivity index (χ1n) is 5.92. The number of halogens is 1. The molecule has 1 aliphatic carbocycles. The lowest BCUT2D eigenvalue weighted by atomic mass is 10.1. The van der Waals surface area contributed by atoms with Crippen LogP contribution >= 0.6 is 27.3 Å². The summed E-state index contributed by atoms with van der Waals surface area (Å²) in [4.78, 5) is 1.05. The van der Waals surface area contributed by atoms with Crippen LogP contribution in [0.4, 0.5) is 0 Å². The lowest BCUT2D eigenvalue weighted by molar-refractivity contribution is 0.280. The van der Waals surface area contributed by atoms with E-state index in [0.717, 1.165) is 21.5 Å². The molecular formula is C12H15BrN2O2S2. The molecule has 7 heteroatoms. The van der Waals surface area contributed by atoms with Crippen molar-refractivity contribution in [3.05, 3.63) is 14.7 Å². The minimum absolute atomic E-state index is 0.0438. The Balaban J connectivity index is 2.53. The summed E-state index contributed by atoms with van der Waals surface area (Å²) in [6, 6.07) is 3.68. The van der Waals surface area contributed by atoms with Gasteiger partial charge in [-0.1, -0.05) is 0 Å². The van der Waals surface area contributed by atoms with E-state index in [9.17, 15) is 13.7 Å². The van der Waals surface area contributed by atoms with E-state index < -0.39 is 15.6 Å². The van der Waals surface area contributed by atoms with Crippen LogP contribution in [0.1, 0.15) is 31.6 Å². The maximum atomic E-state index is 12.8. The first kappa shape index (κ1) is 15.0. The molecule has 1 aromatic heterocycles. The molecule has 0 aromatic carbocycles. The predicted octanol–water partition coefficient (Wildman–Crippen LogP) is 3.27. The van der Waals surface area contributed by atoms with Gasteiger partial charge in [-0.2, -0.15) is 9.57 Å². The molecule has 0 saturated heterocycles. The van der Waals surface area contributed by atoms with E-state index >= 15 is 0 Å². The Hall–Kier alpha value is -0.420. The zero-order valence-electron chi connectivity index (χ0n) is 11.0. The van der Waals surface area contributed by atoms with Gasteiger partial charge in [-0.05, 0) is 55.6 Å². The Kier molecular flexibility index (Phi) is 3.82. The van der Waals surface area contributed by atoms with Crippen LogP contribution in [0.5, 0.6) is 0 Å². The van der Waals surface area contributed by atoms with Crippen LogP contribution in [0.3, 0.4) is 0 Å².